The lowest BCUT2D eigenvalue weighted by Crippen LogP contribution is -2.12. The Hall–Kier alpha value is -2.79. The molecular weight excluding hydrogens is 334 g/mol. The van der Waals surface area contributed by atoms with Crippen molar-refractivity contribution in [2.45, 2.75) is 11.8 Å². The fraction of sp³-hybridized carbons (Fsp3) is 0.100. The Bertz CT molecular complexity index is 980. The molecule has 0 heterocycles. The van der Waals surface area contributed by atoms with Crippen molar-refractivity contribution in [3.8, 4) is 16.9 Å². The van der Waals surface area contributed by atoms with Crippen LogP contribution >= 0.6 is 0 Å². The summed E-state index contributed by atoms with van der Waals surface area (Å²) in [5.74, 6) is 0.737. The van der Waals surface area contributed by atoms with E-state index in [4.69, 9.17) is 4.74 Å². The number of hydrogen-bond donors (Lipinski definition) is 1. The summed E-state index contributed by atoms with van der Waals surface area (Å²) < 4.78 is 33.1. The van der Waals surface area contributed by atoms with Gasteiger partial charge < -0.3 is 4.74 Å². The number of rotatable bonds is 5. The number of hydrogen-bond acceptors (Lipinski definition) is 3. The second kappa shape index (κ2) is 6.99. The quantitative estimate of drug-likeness (QED) is 0.736. The van der Waals surface area contributed by atoms with Gasteiger partial charge in [0, 0.05) is 11.3 Å². The van der Waals surface area contributed by atoms with Crippen LogP contribution in [0.3, 0.4) is 0 Å². The van der Waals surface area contributed by atoms with Crippen LogP contribution < -0.4 is 9.46 Å². The minimum absolute atomic E-state index is 0.237. The highest BCUT2D eigenvalue weighted by atomic mass is 32.2. The summed E-state index contributed by atoms with van der Waals surface area (Å²) >= 11 is 0. The van der Waals surface area contributed by atoms with E-state index < -0.39 is 10.0 Å². The van der Waals surface area contributed by atoms with Crippen LogP contribution in [0, 0.1) is 6.92 Å². The van der Waals surface area contributed by atoms with Gasteiger partial charge in [-0.05, 0) is 42.8 Å². The monoisotopic (exact) mass is 353 g/mol. The Balaban J connectivity index is 1.93. The maximum absolute atomic E-state index is 12.5. The average Bonchev–Trinajstić information content (AvgIpc) is 2.62. The van der Waals surface area contributed by atoms with Crippen molar-refractivity contribution in [3.05, 3.63) is 78.4 Å². The second-order valence-electron chi connectivity index (χ2n) is 5.70. The molecule has 3 aromatic rings. The van der Waals surface area contributed by atoms with Gasteiger partial charge in [0.25, 0.3) is 10.0 Å². The number of sulfonamides is 1. The summed E-state index contributed by atoms with van der Waals surface area (Å²) in [4.78, 5) is 0.237. The summed E-state index contributed by atoms with van der Waals surface area (Å²) in [5, 5.41) is 0. The highest BCUT2D eigenvalue weighted by molar-refractivity contribution is 7.92. The molecular formula is C20H19NO3S. The first-order valence-electron chi connectivity index (χ1n) is 7.82. The van der Waals surface area contributed by atoms with Crippen molar-refractivity contribution in [1.29, 1.82) is 0 Å². The van der Waals surface area contributed by atoms with Crippen LogP contribution in [0.5, 0.6) is 5.75 Å². The normalized spacial score (nSPS) is 11.1. The van der Waals surface area contributed by atoms with E-state index in [0.29, 0.717) is 5.69 Å². The summed E-state index contributed by atoms with van der Waals surface area (Å²) in [7, 11) is -2.01. The molecule has 5 heteroatoms. The highest BCUT2D eigenvalue weighted by Gasteiger charge is 2.14. The van der Waals surface area contributed by atoms with Crippen molar-refractivity contribution in [1.82, 2.24) is 0 Å². The number of benzene rings is 3. The number of aryl methyl sites for hydroxylation is 1. The molecule has 0 fully saturated rings. The lowest BCUT2D eigenvalue weighted by atomic mass is 10.0. The molecule has 25 heavy (non-hydrogen) atoms. The van der Waals surface area contributed by atoms with Crippen LogP contribution in [-0.2, 0) is 10.0 Å². The maximum Gasteiger partial charge on any atom is 0.261 e. The van der Waals surface area contributed by atoms with Crippen LogP contribution in [0.1, 0.15) is 5.56 Å². The van der Waals surface area contributed by atoms with E-state index in [0.717, 1.165) is 22.4 Å². The SMILES string of the molecule is COc1ccccc1-c1cccc(NS(=O)(=O)c2ccc(C)cc2)c1. The number of methoxy groups -OCH3 is 1. The summed E-state index contributed by atoms with van der Waals surface area (Å²) in [6, 6.07) is 21.6. The number of para-hydroxylation sites is 1. The third-order valence-electron chi connectivity index (χ3n) is 3.86. The number of anilines is 1. The van der Waals surface area contributed by atoms with Gasteiger partial charge in [-0.25, -0.2) is 8.42 Å². The zero-order valence-electron chi connectivity index (χ0n) is 14.1. The molecule has 3 rings (SSSR count). The Labute approximate surface area is 148 Å². The molecule has 3 aromatic carbocycles. The molecule has 0 unspecified atom stereocenters. The first-order chi connectivity index (χ1) is 12.0. The molecule has 4 nitrogen and oxygen atoms in total. The molecule has 0 atom stereocenters. The molecule has 128 valence electrons. The lowest BCUT2D eigenvalue weighted by molar-refractivity contribution is 0.416. The standard InChI is InChI=1S/C20H19NO3S/c1-15-10-12-18(13-11-15)25(22,23)21-17-7-5-6-16(14-17)19-8-3-4-9-20(19)24-2/h3-14,21H,1-2H3. The third-order valence-corrected chi connectivity index (χ3v) is 5.26. The van der Waals surface area contributed by atoms with Crippen LogP contribution in [0.2, 0.25) is 0 Å². The predicted molar refractivity (Wildman–Crippen MR) is 100 cm³/mol. The van der Waals surface area contributed by atoms with Crippen LogP contribution in [-0.4, -0.2) is 15.5 Å². The molecule has 0 saturated carbocycles. The van der Waals surface area contributed by atoms with Gasteiger partial charge in [-0.2, -0.15) is 0 Å². The topological polar surface area (TPSA) is 55.4 Å². The van der Waals surface area contributed by atoms with Crippen LogP contribution in [0.25, 0.3) is 11.1 Å². The first-order valence-corrected chi connectivity index (χ1v) is 9.31. The largest absolute Gasteiger partial charge is 0.496 e. The van der Waals surface area contributed by atoms with E-state index in [1.54, 1.807) is 43.5 Å². The van der Waals surface area contributed by atoms with Crippen molar-refractivity contribution < 1.29 is 13.2 Å². The van der Waals surface area contributed by atoms with Gasteiger partial charge in [0.2, 0.25) is 0 Å². The lowest BCUT2D eigenvalue weighted by Gasteiger charge is -2.12. The van der Waals surface area contributed by atoms with Crippen LogP contribution in [0.4, 0.5) is 5.69 Å². The summed E-state index contributed by atoms with van der Waals surface area (Å²) in [6.45, 7) is 1.92. The second-order valence-corrected chi connectivity index (χ2v) is 7.38. The minimum atomic E-state index is -3.63. The predicted octanol–water partition coefficient (Wildman–Crippen LogP) is 4.47. The van der Waals surface area contributed by atoms with Gasteiger partial charge in [0.15, 0.2) is 0 Å². The minimum Gasteiger partial charge on any atom is -0.496 e. The zero-order chi connectivity index (χ0) is 17.9. The van der Waals surface area contributed by atoms with E-state index in [9.17, 15) is 8.42 Å². The molecule has 0 aliphatic carbocycles. The average molecular weight is 353 g/mol. The smallest absolute Gasteiger partial charge is 0.261 e. The molecule has 0 aromatic heterocycles. The van der Waals surface area contributed by atoms with E-state index in [1.807, 2.05) is 43.3 Å². The van der Waals surface area contributed by atoms with Gasteiger partial charge in [-0.15, -0.1) is 0 Å². The molecule has 0 spiro atoms. The zero-order valence-corrected chi connectivity index (χ0v) is 14.9. The maximum atomic E-state index is 12.5. The van der Waals surface area contributed by atoms with Crippen molar-refractivity contribution in [3.63, 3.8) is 0 Å². The Morgan fingerprint density at radius 1 is 0.880 bits per heavy atom. The van der Waals surface area contributed by atoms with Gasteiger partial charge in [0.05, 0.1) is 12.0 Å². The third kappa shape index (κ3) is 3.83. The number of ether oxygens (including phenoxy) is 1. The van der Waals surface area contributed by atoms with Crippen molar-refractivity contribution in [2.24, 2.45) is 0 Å². The molecule has 0 radical (unpaired) electrons. The Morgan fingerprint density at radius 2 is 1.60 bits per heavy atom. The van der Waals surface area contributed by atoms with E-state index in [2.05, 4.69) is 4.72 Å². The summed E-state index contributed by atoms with van der Waals surface area (Å²) in [5.41, 5.74) is 3.30. The molecule has 0 aliphatic heterocycles. The fourth-order valence-corrected chi connectivity index (χ4v) is 3.61. The molecule has 0 amide bonds. The van der Waals surface area contributed by atoms with Crippen LogP contribution in [0.15, 0.2) is 77.7 Å². The van der Waals surface area contributed by atoms with Gasteiger partial charge in [-0.3, -0.25) is 4.72 Å². The fourth-order valence-electron chi connectivity index (χ4n) is 2.56. The first kappa shape index (κ1) is 17.0. The Morgan fingerprint density at radius 3 is 2.32 bits per heavy atom. The van der Waals surface area contributed by atoms with Gasteiger partial charge in [0.1, 0.15) is 5.75 Å². The highest BCUT2D eigenvalue weighted by Crippen LogP contribution is 2.31. The van der Waals surface area contributed by atoms with Gasteiger partial charge >= 0.3 is 0 Å². The molecule has 0 saturated heterocycles. The molecule has 0 bridgehead atoms. The molecule has 1 N–H and O–H groups in total. The van der Waals surface area contributed by atoms with Crippen molar-refractivity contribution in [2.75, 3.05) is 11.8 Å². The number of nitrogens with one attached hydrogen (secondary N) is 1. The summed E-state index contributed by atoms with van der Waals surface area (Å²) in [6.07, 6.45) is 0. The van der Waals surface area contributed by atoms with E-state index in [1.165, 1.54) is 0 Å². The van der Waals surface area contributed by atoms with E-state index in [-0.39, 0.29) is 4.90 Å². The van der Waals surface area contributed by atoms with Crippen molar-refractivity contribution >= 4 is 15.7 Å². The van der Waals surface area contributed by atoms with Gasteiger partial charge in [-0.1, -0.05) is 48.0 Å². The molecule has 0 aliphatic rings. The Kier molecular flexibility index (Phi) is 4.76. The van der Waals surface area contributed by atoms with E-state index >= 15 is 0 Å².